The molecule has 4 heteroatoms. The van der Waals surface area contributed by atoms with Gasteiger partial charge in [-0.05, 0) is 0 Å². The number of rotatable bonds is 2. The van der Waals surface area contributed by atoms with E-state index in [1.807, 2.05) is 0 Å². The highest BCUT2D eigenvalue weighted by atomic mass is 16.5. The van der Waals surface area contributed by atoms with Crippen LogP contribution in [0.2, 0.25) is 0 Å². The van der Waals surface area contributed by atoms with E-state index in [-0.39, 0.29) is 13.2 Å². The van der Waals surface area contributed by atoms with E-state index in [4.69, 9.17) is 9.47 Å². The lowest BCUT2D eigenvalue weighted by atomic mass is 10.2. The minimum absolute atomic E-state index is 0.159. The summed E-state index contributed by atoms with van der Waals surface area (Å²) in [6, 6.07) is 0. The van der Waals surface area contributed by atoms with E-state index in [0.29, 0.717) is 5.76 Å². The van der Waals surface area contributed by atoms with Crippen molar-refractivity contribution in [2.24, 2.45) is 0 Å². The summed E-state index contributed by atoms with van der Waals surface area (Å²) in [5.41, 5.74) is 0. The van der Waals surface area contributed by atoms with Crippen molar-refractivity contribution in [2.75, 3.05) is 20.3 Å². The first-order valence-electron chi connectivity index (χ1n) is 3.13. The van der Waals surface area contributed by atoms with Gasteiger partial charge in [-0.2, -0.15) is 0 Å². The first kappa shape index (κ1) is 7.94. The second-order valence-electron chi connectivity index (χ2n) is 2.12. The number of hydrogen-bond donors (Lipinski definition) is 0. The van der Waals surface area contributed by atoms with E-state index >= 15 is 0 Å². The molecule has 0 radical (unpaired) electrons. The zero-order valence-corrected chi connectivity index (χ0v) is 6.12. The summed E-state index contributed by atoms with van der Waals surface area (Å²) in [4.78, 5) is 21.3. The first-order valence-corrected chi connectivity index (χ1v) is 3.13. The third kappa shape index (κ3) is 1.88. The molecule has 0 aromatic heterocycles. The van der Waals surface area contributed by atoms with Crippen LogP contribution in [0.4, 0.5) is 0 Å². The molecule has 0 saturated carbocycles. The van der Waals surface area contributed by atoms with Gasteiger partial charge in [-0.15, -0.1) is 0 Å². The van der Waals surface area contributed by atoms with Crippen molar-refractivity contribution >= 4 is 11.6 Å². The largest absolute Gasteiger partial charge is 0.487 e. The topological polar surface area (TPSA) is 52.6 Å². The van der Waals surface area contributed by atoms with Gasteiger partial charge in [-0.25, -0.2) is 0 Å². The molecule has 0 spiro atoms. The molecule has 0 aromatic carbocycles. The first-order chi connectivity index (χ1) is 5.24. The monoisotopic (exact) mass is 156 g/mol. The Morgan fingerprint density at radius 3 is 2.91 bits per heavy atom. The maximum absolute atomic E-state index is 10.7. The number of carbonyl (C=O) groups is 2. The van der Waals surface area contributed by atoms with Crippen LogP contribution in [0.1, 0.15) is 0 Å². The molecule has 60 valence electrons. The normalized spacial score (nSPS) is 17.7. The van der Waals surface area contributed by atoms with Gasteiger partial charge < -0.3 is 9.47 Å². The fourth-order valence-electron chi connectivity index (χ4n) is 0.723. The fourth-order valence-corrected chi connectivity index (χ4v) is 0.723. The number of hydrogen-bond acceptors (Lipinski definition) is 4. The molecule has 1 aliphatic heterocycles. The molecular formula is C7H8O4. The van der Waals surface area contributed by atoms with Gasteiger partial charge in [0.25, 0.3) is 0 Å². The average molecular weight is 156 g/mol. The Kier molecular flexibility index (Phi) is 2.38. The van der Waals surface area contributed by atoms with Gasteiger partial charge in [-0.1, -0.05) is 0 Å². The summed E-state index contributed by atoms with van der Waals surface area (Å²) in [5.74, 6) is -0.606. The van der Waals surface area contributed by atoms with Gasteiger partial charge in [0.1, 0.15) is 12.4 Å². The number of ketones is 2. The second-order valence-corrected chi connectivity index (χ2v) is 2.12. The van der Waals surface area contributed by atoms with E-state index in [1.54, 1.807) is 0 Å². The lowest BCUT2D eigenvalue weighted by Crippen LogP contribution is -2.24. The van der Waals surface area contributed by atoms with Crippen LogP contribution in [0.15, 0.2) is 11.8 Å². The van der Waals surface area contributed by atoms with Crippen LogP contribution in [-0.4, -0.2) is 31.9 Å². The molecule has 0 aliphatic carbocycles. The standard InChI is InChI=1S/C7H8O4/c1-10-3-5-2-6(8)7(9)4-11-5/h2H,3-4H2,1H3. The van der Waals surface area contributed by atoms with Crippen molar-refractivity contribution in [2.45, 2.75) is 0 Å². The van der Waals surface area contributed by atoms with Crippen molar-refractivity contribution in [1.82, 2.24) is 0 Å². The highest BCUT2D eigenvalue weighted by Crippen LogP contribution is 2.04. The summed E-state index contributed by atoms with van der Waals surface area (Å²) in [5, 5.41) is 0. The fraction of sp³-hybridized carbons (Fsp3) is 0.429. The van der Waals surface area contributed by atoms with Crippen molar-refractivity contribution in [1.29, 1.82) is 0 Å². The molecular weight excluding hydrogens is 148 g/mol. The Balaban J connectivity index is 2.63. The molecule has 0 atom stereocenters. The van der Waals surface area contributed by atoms with Crippen molar-refractivity contribution in [3.05, 3.63) is 11.8 Å². The minimum atomic E-state index is -0.511. The van der Waals surface area contributed by atoms with Gasteiger partial charge in [0.15, 0.2) is 6.61 Å². The highest BCUT2D eigenvalue weighted by Gasteiger charge is 2.19. The third-order valence-corrected chi connectivity index (χ3v) is 1.24. The van der Waals surface area contributed by atoms with E-state index in [2.05, 4.69) is 0 Å². The molecule has 11 heavy (non-hydrogen) atoms. The molecule has 0 amide bonds. The number of Topliss-reactive ketones (excluding diaryl/α,β-unsaturated/α-hetero) is 1. The molecule has 1 rings (SSSR count). The molecule has 1 aliphatic rings. The maximum atomic E-state index is 10.7. The predicted molar refractivity (Wildman–Crippen MR) is 35.9 cm³/mol. The van der Waals surface area contributed by atoms with E-state index in [9.17, 15) is 9.59 Å². The SMILES string of the molecule is COCC1=CC(=O)C(=O)CO1. The third-order valence-electron chi connectivity index (χ3n) is 1.24. The van der Waals surface area contributed by atoms with Crippen LogP contribution in [-0.2, 0) is 19.1 Å². The number of ether oxygens (including phenoxy) is 2. The predicted octanol–water partition coefficient (Wildman–Crippen LogP) is -0.315. The molecule has 0 unspecified atom stereocenters. The average Bonchev–Trinajstić information content (AvgIpc) is 1.98. The van der Waals surface area contributed by atoms with Crippen molar-refractivity contribution in [3.63, 3.8) is 0 Å². The summed E-state index contributed by atoms with van der Waals surface area (Å²) in [6.07, 6.45) is 1.16. The Morgan fingerprint density at radius 1 is 1.64 bits per heavy atom. The Morgan fingerprint density at radius 2 is 2.36 bits per heavy atom. The lowest BCUT2D eigenvalue weighted by molar-refractivity contribution is -0.137. The van der Waals surface area contributed by atoms with Crippen LogP contribution in [0.5, 0.6) is 0 Å². The van der Waals surface area contributed by atoms with E-state index in [0.717, 1.165) is 6.08 Å². The molecule has 4 nitrogen and oxygen atoms in total. The number of methoxy groups -OCH3 is 1. The molecule has 0 bridgehead atoms. The minimum Gasteiger partial charge on any atom is -0.487 e. The zero-order chi connectivity index (χ0) is 8.27. The summed E-state index contributed by atoms with van der Waals surface area (Å²) < 4.78 is 9.57. The Labute approximate surface area is 63.8 Å². The van der Waals surface area contributed by atoms with Crippen LogP contribution in [0.3, 0.4) is 0 Å². The van der Waals surface area contributed by atoms with Gasteiger partial charge >= 0.3 is 0 Å². The highest BCUT2D eigenvalue weighted by molar-refractivity contribution is 6.42. The van der Waals surface area contributed by atoms with Gasteiger partial charge in [0.2, 0.25) is 11.6 Å². The lowest BCUT2D eigenvalue weighted by Gasteiger charge is -2.11. The quantitative estimate of drug-likeness (QED) is 0.514. The summed E-state index contributed by atoms with van der Waals surface area (Å²) in [6.45, 7) is 0.0764. The summed E-state index contributed by atoms with van der Waals surface area (Å²) >= 11 is 0. The van der Waals surface area contributed by atoms with Crippen LogP contribution < -0.4 is 0 Å². The molecule has 0 saturated heterocycles. The number of allylic oxidation sites excluding steroid dienone is 1. The van der Waals surface area contributed by atoms with E-state index < -0.39 is 11.6 Å². The van der Waals surface area contributed by atoms with E-state index in [1.165, 1.54) is 7.11 Å². The van der Waals surface area contributed by atoms with Crippen LogP contribution >= 0.6 is 0 Å². The van der Waals surface area contributed by atoms with Crippen LogP contribution in [0.25, 0.3) is 0 Å². The molecule has 0 N–H and O–H groups in total. The zero-order valence-electron chi connectivity index (χ0n) is 6.12. The van der Waals surface area contributed by atoms with Gasteiger partial charge in [-0.3, -0.25) is 9.59 Å². The maximum Gasteiger partial charge on any atom is 0.240 e. The smallest absolute Gasteiger partial charge is 0.240 e. The molecule has 0 aromatic rings. The van der Waals surface area contributed by atoms with Crippen molar-refractivity contribution in [3.8, 4) is 0 Å². The number of carbonyl (C=O) groups excluding carboxylic acids is 2. The Bertz CT molecular complexity index is 216. The molecule has 0 fully saturated rings. The van der Waals surface area contributed by atoms with Crippen LogP contribution in [0, 0.1) is 0 Å². The molecule has 1 heterocycles. The Hall–Kier alpha value is -1.16. The van der Waals surface area contributed by atoms with Gasteiger partial charge in [0.05, 0.1) is 0 Å². The summed E-state index contributed by atoms with van der Waals surface area (Å²) in [7, 11) is 1.49. The van der Waals surface area contributed by atoms with Crippen molar-refractivity contribution < 1.29 is 19.1 Å². The van der Waals surface area contributed by atoms with Gasteiger partial charge in [0, 0.05) is 13.2 Å². The second kappa shape index (κ2) is 3.30.